The van der Waals surface area contributed by atoms with Crippen LogP contribution in [0.4, 0.5) is 4.39 Å². The molecule has 1 atom stereocenters. The van der Waals surface area contributed by atoms with E-state index in [0.29, 0.717) is 15.6 Å². The van der Waals surface area contributed by atoms with Crippen molar-refractivity contribution in [3.63, 3.8) is 0 Å². The Morgan fingerprint density at radius 1 is 1.11 bits per heavy atom. The molecule has 0 bridgehead atoms. The van der Waals surface area contributed by atoms with Gasteiger partial charge in [-0.25, -0.2) is 4.39 Å². The number of hydrogen-bond donors (Lipinski definition) is 1. The van der Waals surface area contributed by atoms with E-state index in [4.69, 9.17) is 23.2 Å². The summed E-state index contributed by atoms with van der Waals surface area (Å²) in [6.07, 6.45) is 0. The van der Waals surface area contributed by atoms with Gasteiger partial charge in [0.1, 0.15) is 11.9 Å². The van der Waals surface area contributed by atoms with Gasteiger partial charge in [0.2, 0.25) is 5.91 Å². The number of carbonyl (C=O) groups excluding carboxylic acids is 2. The molecule has 1 N–H and O–H groups in total. The zero-order valence-corrected chi connectivity index (χ0v) is 16.8. The maximum atomic E-state index is 13.8. The number of benzene rings is 2. The lowest BCUT2D eigenvalue weighted by Gasteiger charge is -2.27. The van der Waals surface area contributed by atoms with Gasteiger partial charge in [-0.3, -0.25) is 9.59 Å². The summed E-state index contributed by atoms with van der Waals surface area (Å²) in [6, 6.07) is 10.0. The molecule has 2 aromatic rings. The Balaban J connectivity index is 2.15. The van der Waals surface area contributed by atoms with E-state index in [9.17, 15) is 14.0 Å². The van der Waals surface area contributed by atoms with E-state index in [2.05, 4.69) is 5.32 Å². The van der Waals surface area contributed by atoms with Crippen LogP contribution in [0.5, 0.6) is 0 Å². The van der Waals surface area contributed by atoms with Gasteiger partial charge >= 0.3 is 0 Å². The first-order chi connectivity index (χ1) is 12.7. The van der Waals surface area contributed by atoms with E-state index < -0.39 is 17.8 Å². The average Bonchev–Trinajstić information content (AvgIpc) is 2.62. The lowest BCUT2D eigenvalue weighted by molar-refractivity contribution is -0.133. The minimum Gasteiger partial charge on any atom is -0.340 e. The highest BCUT2D eigenvalue weighted by atomic mass is 35.5. The predicted octanol–water partition coefficient (Wildman–Crippen LogP) is 4.55. The van der Waals surface area contributed by atoms with Gasteiger partial charge in [0.25, 0.3) is 5.91 Å². The van der Waals surface area contributed by atoms with Crippen molar-refractivity contribution in [1.82, 2.24) is 10.2 Å². The fraction of sp³-hybridized carbons (Fsp3) is 0.300. The second-order valence-corrected chi connectivity index (χ2v) is 7.37. The normalized spacial score (nSPS) is 12.0. The molecule has 0 unspecified atom stereocenters. The van der Waals surface area contributed by atoms with Gasteiger partial charge in [0.15, 0.2) is 0 Å². The fourth-order valence-corrected chi connectivity index (χ4v) is 3.00. The Morgan fingerprint density at radius 2 is 1.78 bits per heavy atom. The molecular formula is C20H21Cl2FN2O2. The molecule has 0 aromatic heterocycles. The first kappa shape index (κ1) is 21.2. The number of carbonyl (C=O) groups is 2. The van der Waals surface area contributed by atoms with Crippen LogP contribution in [0.1, 0.15) is 29.8 Å². The third kappa shape index (κ3) is 5.21. The highest BCUT2D eigenvalue weighted by Gasteiger charge is 2.28. The van der Waals surface area contributed by atoms with Crippen molar-refractivity contribution in [2.45, 2.75) is 26.4 Å². The van der Waals surface area contributed by atoms with E-state index >= 15 is 0 Å². The lowest BCUT2D eigenvalue weighted by Crippen LogP contribution is -2.50. The molecular weight excluding hydrogens is 390 g/mol. The lowest BCUT2D eigenvalue weighted by atomic mass is 10.0. The summed E-state index contributed by atoms with van der Waals surface area (Å²) in [5.74, 6) is -1.76. The zero-order valence-electron chi connectivity index (χ0n) is 15.3. The van der Waals surface area contributed by atoms with Crippen LogP contribution in [0.2, 0.25) is 10.0 Å². The highest BCUT2D eigenvalue weighted by Crippen LogP contribution is 2.26. The standard InChI is InChI=1S/C20H21Cl2FN2O2/c1-12(2)18(24-19(26)14-8-4-5-10-16(14)23)20(27)25(3)11-13-7-6-9-15(21)17(13)22/h4-10,12,18H,11H2,1-3H3,(H,24,26)/t18-/m0/s1. The quantitative estimate of drug-likeness (QED) is 0.759. The number of likely N-dealkylation sites (N-methyl/N-ethyl adjacent to an activating group) is 1. The third-order valence-corrected chi connectivity index (χ3v) is 5.01. The van der Waals surface area contributed by atoms with Crippen LogP contribution < -0.4 is 5.32 Å². The Hall–Kier alpha value is -2.11. The molecule has 0 spiro atoms. The summed E-state index contributed by atoms with van der Waals surface area (Å²) in [7, 11) is 1.62. The molecule has 0 aliphatic rings. The third-order valence-electron chi connectivity index (χ3n) is 4.15. The van der Waals surface area contributed by atoms with Gasteiger partial charge in [0, 0.05) is 13.6 Å². The number of rotatable bonds is 6. The highest BCUT2D eigenvalue weighted by molar-refractivity contribution is 6.42. The summed E-state index contributed by atoms with van der Waals surface area (Å²) in [5.41, 5.74) is 0.597. The van der Waals surface area contributed by atoms with Gasteiger partial charge in [-0.15, -0.1) is 0 Å². The van der Waals surface area contributed by atoms with Gasteiger partial charge < -0.3 is 10.2 Å². The van der Waals surface area contributed by atoms with Crippen LogP contribution in [-0.2, 0) is 11.3 Å². The SMILES string of the molecule is CC(C)[C@H](NC(=O)c1ccccc1F)C(=O)N(C)Cc1cccc(Cl)c1Cl. The maximum absolute atomic E-state index is 13.8. The van der Waals surface area contributed by atoms with E-state index in [0.717, 1.165) is 0 Å². The predicted molar refractivity (Wildman–Crippen MR) is 105 cm³/mol. The molecule has 2 rings (SSSR count). The molecule has 27 heavy (non-hydrogen) atoms. The van der Waals surface area contributed by atoms with Crippen LogP contribution in [0.15, 0.2) is 42.5 Å². The summed E-state index contributed by atoms with van der Waals surface area (Å²) < 4.78 is 13.8. The molecule has 2 amide bonds. The molecule has 7 heteroatoms. The zero-order chi connectivity index (χ0) is 20.1. The summed E-state index contributed by atoms with van der Waals surface area (Å²) >= 11 is 12.2. The first-order valence-electron chi connectivity index (χ1n) is 8.45. The molecule has 0 saturated carbocycles. The van der Waals surface area contributed by atoms with Crippen LogP contribution in [-0.4, -0.2) is 29.8 Å². The van der Waals surface area contributed by atoms with Crippen molar-refractivity contribution in [2.75, 3.05) is 7.05 Å². The van der Waals surface area contributed by atoms with E-state index in [1.54, 1.807) is 31.3 Å². The summed E-state index contributed by atoms with van der Waals surface area (Å²) in [4.78, 5) is 26.7. The Labute approximate surface area is 168 Å². The topological polar surface area (TPSA) is 49.4 Å². The largest absolute Gasteiger partial charge is 0.340 e. The van der Waals surface area contributed by atoms with Crippen molar-refractivity contribution in [3.8, 4) is 0 Å². The molecule has 144 valence electrons. The minimum atomic E-state index is -0.805. The number of nitrogens with one attached hydrogen (secondary N) is 1. The van der Waals surface area contributed by atoms with Crippen LogP contribution in [0.25, 0.3) is 0 Å². The number of halogens is 3. The van der Waals surface area contributed by atoms with Gasteiger partial charge in [0.05, 0.1) is 15.6 Å². The minimum absolute atomic E-state index is 0.100. The second-order valence-electron chi connectivity index (χ2n) is 6.58. The molecule has 0 aliphatic heterocycles. The number of hydrogen-bond acceptors (Lipinski definition) is 2. The fourth-order valence-electron chi connectivity index (χ4n) is 2.62. The van der Waals surface area contributed by atoms with Crippen molar-refractivity contribution in [1.29, 1.82) is 0 Å². The van der Waals surface area contributed by atoms with E-state index in [-0.39, 0.29) is 23.9 Å². The van der Waals surface area contributed by atoms with E-state index in [1.807, 2.05) is 13.8 Å². The average molecular weight is 411 g/mol. The second kappa shape index (κ2) is 9.20. The van der Waals surface area contributed by atoms with Crippen LogP contribution in [0, 0.1) is 11.7 Å². The maximum Gasteiger partial charge on any atom is 0.254 e. The molecule has 0 saturated heterocycles. The summed E-state index contributed by atoms with van der Waals surface area (Å²) in [5, 5.41) is 3.43. The van der Waals surface area contributed by atoms with Crippen molar-refractivity contribution >= 4 is 35.0 Å². The summed E-state index contributed by atoms with van der Waals surface area (Å²) in [6.45, 7) is 3.85. The number of nitrogens with zero attached hydrogens (tertiary/aromatic N) is 1. The van der Waals surface area contributed by atoms with Crippen LogP contribution >= 0.6 is 23.2 Å². The first-order valence-corrected chi connectivity index (χ1v) is 9.21. The van der Waals surface area contributed by atoms with Crippen molar-refractivity contribution < 1.29 is 14.0 Å². The van der Waals surface area contributed by atoms with Gasteiger partial charge in [-0.1, -0.05) is 61.3 Å². The smallest absolute Gasteiger partial charge is 0.254 e. The van der Waals surface area contributed by atoms with E-state index in [1.165, 1.54) is 23.1 Å². The van der Waals surface area contributed by atoms with Crippen molar-refractivity contribution in [2.24, 2.45) is 5.92 Å². The molecule has 2 aromatic carbocycles. The Kier molecular flexibility index (Phi) is 7.22. The molecule has 0 heterocycles. The molecule has 0 fully saturated rings. The monoisotopic (exact) mass is 410 g/mol. The molecule has 0 radical (unpaired) electrons. The van der Waals surface area contributed by atoms with Gasteiger partial charge in [-0.2, -0.15) is 0 Å². The Morgan fingerprint density at radius 3 is 2.41 bits per heavy atom. The molecule has 4 nitrogen and oxygen atoms in total. The number of amides is 2. The van der Waals surface area contributed by atoms with Gasteiger partial charge in [-0.05, 0) is 29.7 Å². The molecule has 0 aliphatic carbocycles. The van der Waals surface area contributed by atoms with Crippen LogP contribution in [0.3, 0.4) is 0 Å². The van der Waals surface area contributed by atoms with Crippen molar-refractivity contribution in [3.05, 3.63) is 69.5 Å². The Bertz CT molecular complexity index is 842.